The van der Waals surface area contributed by atoms with Crippen LogP contribution in [0.4, 0.5) is 5.69 Å². The summed E-state index contributed by atoms with van der Waals surface area (Å²) >= 11 is -1.02. The first-order valence-corrected chi connectivity index (χ1v) is 7.74. The number of carbonyl (C=O) groups is 2. The summed E-state index contributed by atoms with van der Waals surface area (Å²) in [4.78, 5) is 24.5. The van der Waals surface area contributed by atoms with E-state index in [1.807, 2.05) is 0 Å². The van der Waals surface area contributed by atoms with Crippen LogP contribution in [0.1, 0.15) is 13.3 Å². The quantitative estimate of drug-likeness (QED) is 0.252. The van der Waals surface area contributed by atoms with Crippen molar-refractivity contribution in [2.45, 2.75) is 13.3 Å². The molecular weight excluding hydrogens is 327 g/mol. The Morgan fingerprint density at radius 3 is 2.50 bits per heavy atom. The van der Waals surface area contributed by atoms with Gasteiger partial charge in [0.1, 0.15) is 0 Å². The van der Waals surface area contributed by atoms with E-state index in [0.29, 0.717) is 5.69 Å². The van der Waals surface area contributed by atoms with Crippen molar-refractivity contribution in [2.75, 3.05) is 18.6 Å². The molecule has 0 unspecified atom stereocenters. The predicted octanol–water partition coefficient (Wildman–Crippen LogP) is 0.268. The van der Waals surface area contributed by atoms with Crippen molar-refractivity contribution < 1.29 is 28.5 Å². The Labute approximate surface area is 123 Å². The number of nitrogens with zero attached hydrogens (tertiary/aromatic N) is 1. The second kappa shape index (κ2) is 8.69. The third kappa shape index (κ3) is 5.29. The molecule has 0 fully saturated rings. The molecule has 0 spiro atoms. The van der Waals surface area contributed by atoms with Crippen molar-refractivity contribution in [1.29, 1.82) is 0 Å². The summed E-state index contributed by atoms with van der Waals surface area (Å²) in [5.41, 5.74) is 0.652. The molecule has 8 heteroatoms. The van der Waals surface area contributed by atoms with Crippen LogP contribution in [0.25, 0.3) is 0 Å². The van der Waals surface area contributed by atoms with Crippen LogP contribution in [-0.4, -0.2) is 46.6 Å². The Balaban J connectivity index is 2.60. The van der Waals surface area contributed by atoms with E-state index in [1.165, 1.54) is 4.90 Å². The maximum absolute atomic E-state index is 11.8. The number of amides is 1. The molecule has 0 heterocycles. The second-order valence-electron chi connectivity index (χ2n) is 3.74. The summed E-state index contributed by atoms with van der Waals surface area (Å²) in [6.45, 7) is 1.94. The molecule has 0 aliphatic rings. The van der Waals surface area contributed by atoms with Crippen LogP contribution >= 0.6 is 0 Å². The zero-order chi connectivity index (χ0) is 15.0. The van der Waals surface area contributed by atoms with Gasteiger partial charge in [-0.05, 0) is 0 Å². The van der Waals surface area contributed by atoms with E-state index in [-0.39, 0.29) is 18.9 Å². The number of carbonyl (C=O) groups excluding carboxylic acids is 2. The molecular formula is C12H15GeNO6. The molecule has 108 valence electrons. The van der Waals surface area contributed by atoms with E-state index < -0.39 is 21.7 Å². The van der Waals surface area contributed by atoms with E-state index in [2.05, 4.69) is 8.95 Å². The molecule has 1 N–H and O–H groups in total. The molecule has 1 rings (SSSR count). The number of hydrogen-bond donors (Lipinski definition) is 1. The summed E-state index contributed by atoms with van der Waals surface area (Å²) in [7, 11) is 1.58. The average Bonchev–Trinajstić information content (AvgIpc) is 2.45. The zero-order valence-electron chi connectivity index (χ0n) is 11.2. The van der Waals surface area contributed by atoms with Crippen LogP contribution in [0.15, 0.2) is 24.3 Å². The summed E-state index contributed by atoms with van der Waals surface area (Å²) in [6, 6.07) is 6.98. The molecule has 1 aromatic rings. The number of hydrogen-bond acceptors (Lipinski definition) is 6. The number of ether oxygens (including phenoxy) is 1. The Kier molecular flexibility index (Phi) is 7.23. The number of benzene rings is 1. The summed E-state index contributed by atoms with van der Waals surface area (Å²) < 4.78 is 10.1. The standard InChI is InChI=1S/C12H15GeNO6/c1-3-18-12(16)8-11(15)14(2)10-6-4-9(5-7-10)13-19-20-17/h4-7,17H,3,8H2,1-2H3. The van der Waals surface area contributed by atoms with Crippen molar-refractivity contribution in [3.05, 3.63) is 24.3 Å². The molecule has 0 atom stereocenters. The first-order chi connectivity index (χ1) is 9.58. The van der Waals surface area contributed by atoms with E-state index in [4.69, 9.17) is 9.99 Å². The van der Waals surface area contributed by atoms with Gasteiger partial charge in [-0.25, -0.2) is 0 Å². The van der Waals surface area contributed by atoms with Crippen LogP contribution < -0.4 is 9.30 Å². The molecule has 0 saturated carbocycles. The molecule has 20 heavy (non-hydrogen) atoms. The van der Waals surface area contributed by atoms with Gasteiger partial charge >= 0.3 is 122 Å². The maximum atomic E-state index is 11.8. The second-order valence-corrected chi connectivity index (χ2v) is 5.73. The summed E-state index contributed by atoms with van der Waals surface area (Å²) in [5, 5.41) is 11.7. The van der Waals surface area contributed by atoms with Crippen molar-refractivity contribution in [1.82, 2.24) is 0 Å². The van der Waals surface area contributed by atoms with Gasteiger partial charge in [-0.1, -0.05) is 0 Å². The van der Waals surface area contributed by atoms with E-state index in [1.54, 1.807) is 38.2 Å². The Morgan fingerprint density at radius 1 is 1.30 bits per heavy atom. The van der Waals surface area contributed by atoms with Crippen molar-refractivity contribution >= 4 is 37.7 Å². The average molecular weight is 342 g/mol. The van der Waals surface area contributed by atoms with Gasteiger partial charge < -0.3 is 0 Å². The Hall–Kier alpha value is -1.42. The van der Waals surface area contributed by atoms with Crippen LogP contribution in [0, 0.1) is 0 Å². The molecule has 0 aromatic heterocycles. The summed E-state index contributed by atoms with van der Waals surface area (Å²) in [5.74, 6) is -0.886. The van der Waals surface area contributed by atoms with E-state index >= 15 is 0 Å². The number of rotatable bonds is 7. The topological polar surface area (TPSA) is 85.3 Å². The van der Waals surface area contributed by atoms with Crippen LogP contribution in [0.2, 0.25) is 0 Å². The molecule has 0 bridgehead atoms. The van der Waals surface area contributed by atoms with Crippen molar-refractivity contribution in [3.8, 4) is 0 Å². The zero-order valence-corrected chi connectivity index (χ0v) is 13.3. The molecule has 0 aliphatic heterocycles. The molecule has 0 saturated heterocycles. The normalized spacial score (nSPS) is 10.2. The first-order valence-electron chi connectivity index (χ1n) is 5.83. The SMILES string of the molecule is CCOC(=O)CC(=O)N(C)c1cc[c]([Ge][O]OO)cc1. The molecule has 1 aromatic carbocycles. The van der Waals surface area contributed by atoms with Gasteiger partial charge in [0.15, 0.2) is 0 Å². The predicted molar refractivity (Wildman–Crippen MR) is 71.3 cm³/mol. The van der Waals surface area contributed by atoms with Gasteiger partial charge in [0.05, 0.1) is 0 Å². The monoisotopic (exact) mass is 343 g/mol. The fraction of sp³-hybridized carbons (Fsp3) is 0.333. The van der Waals surface area contributed by atoms with Gasteiger partial charge in [-0.3, -0.25) is 0 Å². The van der Waals surface area contributed by atoms with Gasteiger partial charge in [-0.15, -0.1) is 0 Å². The number of anilines is 1. The van der Waals surface area contributed by atoms with Crippen LogP contribution in [-0.2, 0) is 23.3 Å². The first kappa shape index (κ1) is 16.6. The Morgan fingerprint density at radius 2 is 1.95 bits per heavy atom. The molecule has 7 nitrogen and oxygen atoms in total. The Bertz CT molecular complexity index is 450. The van der Waals surface area contributed by atoms with Crippen molar-refractivity contribution in [3.63, 3.8) is 0 Å². The molecule has 0 aliphatic carbocycles. The fourth-order valence-electron chi connectivity index (χ4n) is 1.42. The van der Waals surface area contributed by atoms with Crippen LogP contribution in [0.3, 0.4) is 0 Å². The van der Waals surface area contributed by atoms with E-state index in [9.17, 15) is 9.59 Å². The van der Waals surface area contributed by atoms with E-state index in [0.717, 1.165) is 4.40 Å². The molecule has 2 radical (unpaired) electrons. The molecule has 1 amide bonds. The third-order valence-corrected chi connectivity index (χ3v) is 3.95. The van der Waals surface area contributed by atoms with Gasteiger partial charge in [0.2, 0.25) is 0 Å². The summed E-state index contributed by atoms with van der Waals surface area (Å²) in [6.07, 6.45) is -0.290. The van der Waals surface area contributed by atoms with Gasteiger partial charge in [0, 0.05) is 0 Å². The minimum absolute atomic E-state index is 0.252. The minimum atomic E-state index is -1.02. The number of esters is 1. The van der Waals surface area contributed by atoms with Crippen molar-refractivity contribution in [2.24, 2.45) is 0 Å². The third-order valence-electron chi connectivity index (χ3n) is 2.43. The van der Waals surface area contributed by atoms with Gasteiger partial charge in [0.25, 0.3) is 0 Å². The van der Waals surface area contributed by atoms with Gasteiger partial charge in [-0.2, -0.15) is 0 Å². The fourth-order valence-corrected chi connectivity index (χ4v) is 2.33. The van der Waals surface area contributed by atoms with Crippen LogP contribution in [0.5, 0.6) is 0 Å².